The van der Waals surface area contributed by atoms with Gasteiger partial charge in [-0.05, 0) is 24.3 Å². The minimum Gasteiger partial charge on any atom is -0.464 e. The lowest BCUT2D eigenvalue weighted by Gasteiger charge is -2.25. The summed E-state index contributed by atoms with van der Waals surface area (Å²) in [5.74, 6) is -0.316. The van der Waals surface area contributed by atoms with E-state index in [1.54, 1.807) is 12.1 Å². The summed E-state index contributed by atoms with van der Waals surface area (Å²) in [5.41, 5.74) is 4.88. The predicted octanol–water partition coefficient (Wildman–Crippen LogP) is 3.12. The second-order valence-corrected chi connectivity index (χ2v) is 12.7. The van der Waals surface area contributed by atoms with Crippen molar-refractivity contribution >= 4 is 42.2 Å². The number of anilines is 1. The smallest absolute Gasteiger partial charge is 0.459 e. The number of hydrogen-bond donors (Lipinski definition) is 3. The summed E-state index contributed by atoms with van der Waals surface area (Å²) in [6.45, 7) is 5.33. The standard InChI is InChI=1S/C25H32N5O7PS/c1-15(2)12-35-23(32)16(3)29-38(34,37-20-10-6-8-17-7-4-5-9-18(17)20)36-13-21-19(31)11-22(39-21)30-14-27-24(26)28-25(30)33/h4-10,14-16,19,21-22,31H,11-13H2,1-3H3,(H,29,34)(H2,26,28,33)/t16-,19+,21+,22+,38?/m0/s1. The van der Waals surface area contributed by atoms with Crippen LogP contribution in [0.1, 0.15) is 32.6 Å². The maximum Gasteiger partial charge on any atom is 0.459 e. The Morgan fingerprint density at radius 2 is 2.00 bits per heavy atom. The van der Waals surface area contributed by atoms with Gasteiger partial charge in [0.1, 0.15) is 18.1 Å². The average Bonchev–Trinajstić information content (AvgIpc) is 3.26. The Kier molecular flexibility index (Phi) is 9.29. The zero-order valence-corrected chi connectivity index (χ0v) is 23.5. The van der Waals surface area contributed by atoms with E-state index in [1.807, 2.05) is 44.2 Å². The molecule has 1 aliphatic heterocycles. The maximum absolute atomic E-state index is 14.0. The molecule has 0 amide bonds. The van der Waals surface area contributed by atoms with Crippen LogP contribution in [0.5, 0.6) is 5.75 Å². The van der Waals surface area contributed by atoms with E-state index in [1.165, 1.54) is 29.6 Å². The molecule has 2 aromatic carbocycles. The molecule has 14 heteroatoms. The van der Waals surface area contributed by atoms with E-state index < -0.39 is 42.2 Å². The summed E-state index contributed by atoms with van der Waals surface area (Å²) >= 11 is 1.25. The van der Waals surface area contributed by atoms with Crippen LogP contribution in [0.15, 0.2) is 53.6 Å². The molecule has 1 unspecified atom stereocenters. The lowest BCUT2D eigenvalue weighted by molar-refractivity contribution is -0.146. The van der Waals surface area contributed by atoms with Crippen LogP contribution < -0.4 is 21.0 Å². The van der Waals surface area contributed by atoms with Gasteiger partial charge in [-0.1, -0.05) is 50.2 Å². The fourth-order valence-electron chi connectivity index (χ4n) is 3.92. The molecule has 0 bridgehead atoms. The number of nitrogen functional groups attached to an aromatic ring is 1. The molecular formula is C25H32N5O7PS. The number of benzene rings is 2. The summed E-state index contributed by atoms with van der Waals surface area (Å²) in [6, 6.07) is 11.7. The summed E-state index contributed by atoms with van der Waals surface area (Å²) in [5, 5.41) is 13.9. The van der Waals surface area contributed by atoms with Gasteiger partial charge in [0.15, 0.2) is 0 Å². The van der Waals surface area contributed by atoms with Crippen LogP contribution in [0.3, 0.4) is 0 Å². The molecule has 0 saturated carbocycles. The number of carbonyl (C=O) groups excluding carboxylic acids is 1. The first-order chi connectivity index (χ1) is 18.5. The number of nitrogens with one attached hydrogen (secondary N) is 1. The first-order valence-corrected chi connectivity index (χ1v) is 14.9. The van der Waals surface area contributed by atoms with E-state index >= 15 is 0 Å². The van der Waals surface area contributed by atoms with Crippen molar-refractivity contribution in [2.75, 3.05) is 18.9 Å². The number of esters is 1. The lowest BCUT2D eigenvalue weighted by atomic mass is 10.1. The van der Waals surface area contributed by atoms with E-state index in [2.05, 4.69) is 15.1 Å². The van der Waals surface area contributed by atoms with Crippen molar-refractivity contribution in [2.45, 2.75) is 50.0 Å². The Hall–Kier alpha value is -2.96. The van der Waals surface area contributed by atoms with Crippen LogP contribution in [0, 0.1) is 5.92 Å². The van der Waals surface area contributed by atoms with Crippen molar-refractivity contribution in [2.24, 2.45) is 5.92 Å². The molecule has 2 heterocycles. The third-order valence-corrected chi connectivity index (χ3v) is 9.06. The SMILES string of the molecule is CC(C)COC(=O)[C@H](C)NP(=O)(OC[C@H]1S[C@@H](n2cnc(N)nc2=O)C[C@H]1O)Oc1cccc2ccccc12. The molecule has 39 heavy (non-hydrogen) atoms. The van der Waals surface area contributed by atoms with Gasteiger partial charge >= 0.3 is 19.4 Å². The number of aliphatic hydroxyl groups is 1. The van der Waals surface area contributed by atoms with Crippen LogP contribution in [0.25, 0.3) is 10.8 Å². The van der Waals surface area contributed by atoms with Gasteiger partial charge in [-0.2, -0.15) is 10.1 Å². The fraction of sp³-hybridized carbons (Fsp3) is 0.440. The summed E-state index contributed by atoms with van der Waals surface area (Å²) < 4.78 is 32.3. The van der Waals surface area contributed by atoms with Gasteiger partial charge in [-0.15, -0.1) is 11.8 Å². The van der Waals surface area contributed by atoms with Crippen LogP contribution in [-0.2, 0) is 18.6 Å². The van der Waals surface area contributed by atoms with Gasteiger partial charge in [0.05, 0.1) is 29.9 Å². The van der Waals surface area contributed by atoms with Crippen molar-refractivity contribution in [1.82, 2.24) is 19.6 Å². The van der Waals surface area contributed by atoms with Gasteiger partial charge in [0.2, 0.25) is 5.95 Å². The number of thioether (sulfide) groups is 1. The number of nitrogens with zero attached hydrogens (tertiary/aromatic N) is 3. The van der Waals surface area contributed by atoms with E-state index in [0.717, 1.165) is 5.39 Å². The molecular weight excluding hydrogens is 545 g/mol. The Labute approximate surface area is 229 Å². The van der Waals surface area contributed by atoms with Crippen molar-refractivity contribution in [3.63, 3.8) is 0 Å². The molecule has 0 radical (unpaired) electrons. The first kappa shape index (κ1) is 29.0. The number of aliphatic hydroxyl groups excluding tert-OH is 1. The third kappa shape index (κ3) is 7.37. The molecule has 210 valence electrons. The largest absolute Gasteiger partial charge is 0.464 e. The minimum absolute atomic E-state index is 0.129. The number of hydrogen-bond acceptors (Lipinski definition) is 11. The molecule has 1 saturated heterocycles. The van der Waals surface area contributed by atoms with Crippen molar-refractivity contribution in [1.29, 1.82) is 0 Å². The van der Waals surface area contributed by atoms with Gasteiger partial charge in [0, 0.05) is 11.8 Å². The number of fused-ring (bicyclic) bond motifs is 1. The number of ether oxygens (including phenoxy) is 1. The molecule has 4 N–H and O–H groups in total. The molecule has 3 aromatic rings. The minimum atomic E-state index is -4.17. The second-order valence-electron chi connectivity index (χ2n) is 9.57. The van der Waals surface area contributed by atoms with E-state index in [4.69, 9.17) is 19.5 Å². The van der Waals surface area contributed by atoms with E-state index in [-0.39, 0.29) is 31.5 Å². The van der Waals surface area contributed by atoms with Crippen LogP contribution in [0.4, 0.5) is 5.95 Å². The quantitative estimate of drug-likeness (QED) is 0.225. The monoisotopic (exact) mass is 577 g/mol. The van der Waals surface area contributed by atoms with Gasteiger partial charge in [-0.3, -0.25) is 13.9 Å². The highest BCUT2D eigenvalue weighted by molar-refractivity contribution is 8.00. The normalized spacial score (nSPS) is 21.5. The van der Waals surface area contributed by atoms with E-state index in [9.17, 15) is 19.3 Å². The Bertz CT molecular complexity index is 1420. The zero-order chi connectivity index (χ0) is 28.2. The fourth-order valence-corrected chi connectivity index (χ4v) is 6.98. The van der Waals surface area contributed by atoms with Crippen molar-refractivity contribution < 1.29 is 28.3 Å². The molecule has 1 aromatic heterocycles. The van der Waals surface area contributed by atoms with E-state index in [0.29, 0.717) is 11.1 Å². The van der Waals surface area contributed by atoms with Crippen LogP contribution in [-0.4, -0.2) is 56.2 Å². The summed E-state index contributed by atoms with van der Waals surface area (Å²) in [4.78, 5) is 32.3. The molecule has 0 aliphatic carbocycles. The molecule has 1 aliphatic rings. The highest BCUT2D eigenvalue weighted by Crippen LogP contribution is 2.49. The van der Waals surface area contributed by atoms with Gasteiger partial charge < -0.3 is 20.1 Å². The highest BCUT2D eigenvalue weighted by Gasteiger charge is 2.39. The Morgan fingerprint density at radius 3 is 2.74 bits per heavy atom. The number of rotatable bonds is 11. The topological polar surface area (TPSA) is 168 Å². The molecule has 1 fully saturated rings. The molecule has 0 spiro atoms. The first-order valence-electron chi connectivity index (χ1n) is 12.4. The van der Waals surface area contributed by atoms with Crippen molar-refractivity contribution in [3.05, 3.63) is 59.3 Å². The summed E-state index contributed by atoms with van der Waals surface area (Å²) in [7, 11) is -4.17. The third-order valence-electron chi connectivity index (χ3n) is 5.90. The Balaban J connectivity index is 1.52. The predicted molar refractivity (Wildman–Crippen MR) is 148 cm³/mol. The van der Waals surface area contributed by atoms with Gasteiger partial charge in [0.25, 0.3) is 0 Å². The van der Waals surface area contributed by atoms with Crippen LogP contribution in [0.2, 0.25) is 0 Å². The van der Waals surface area contributed by atoms with Crippen molar-refractivity contribution in [3.8, 4) is 5.75 Å². The molecule has 4 rings (SSSR count). The summed E-state index contributed by atoms with van der Waals surface area (Å²) in [6.07, 6.45) is 0.605. The zero-order valence-electron chi connectivity index (χ0n) is 21.8. The lowest BCUT2D eigenvalue weighted by Crippen LogP contribution is -2.36. The molecule has 12 nitrogen and oxygen atoms in total. The molecule has 5 atom stereocenters. The average molecular weight is 578 g/mol. The highest BCUT2D eigenvalue weighted by atomic mass is 32.2. The van der Waals surface area contributed by atoms with Crippen LogP contribution >= 0.6 is 19.5 Å². The number of aromatic nitrogens is 3. The second kappa shape index (κ2) is 12.5. The number of nitrogens with two attached hydrogens (primary N) is 1. The maximum atomic E-state index is 14.0. The Morgan fingerprint density at radius 1 is 1.26 bits per heavy atom. The van der Waals surface area contributed by atoms with Gasteiger partial charge in [-0.25, -0.2) is 14.3 Å². The number of carbonyl (C=O) groups is 1.